The highest BCUT2D eigenvalue weighted by Crippen LogP contribution is 2.43. The number of aromatic amines is 1. The van der Waals surface area contributed by atoms with Crippen LogP contribution in [-0.2, 0) is 21.1 Å². The van der Waals surface area contributed by atoms with Crippen LogP contribution in [0.2, 0.25) is 0 Å². The van der Waals surface area contributed by atoms with E-state index in [0.29, 0.717) is 0 Å². The predicted molar refractivity (Wildman–Crippen MR) is 121 cm³/mol. The highest BCUT2D eigenvalue weighted by molar-refractivity contribution is 6.17. The van der Waals surface area contributed by atoms with Gasteiger partial charge in [-0.2, -0.15) is 13.2 Å². The number of carbonyl (C=O) groups excluding carboxylic acids is 2. The minimum absolute atomic E-state index is 0.0380. The van der Waals surface area contributed by atoms with Crippen LogP contribution in [0.15, 0.2) is 36.7 Å². The van der Waals surface area contributed by atoms with E-state index in [0.717, 1.165) is 6.07 Å². The van der Waals surface area contributed by atoms with E-state index in [1.807, 2.05) is 0 Å². The lowest BCUT2D eigenvalue weighted by Crippen LogP contribution is -2.37. The van der Waals surface area contributed by atoms with Crippen molar-refractivity contribution in [3.63, 3.8) is 0 Å². The second-order valence-corrected chi connectivity index (χ2v) is 9.59. The largest absolute Gasteiger partial charge is 0.459 e. The number of esters is 1. The number of halogens is 4. The van der Waals surface area contributed by atoms with Gasteiger partial charge in [0.2, 0.25) is 0 Å². The molecule has 0 radical (unpaired) electrons. The van der Waals surface area contributed by atoms with Gasteiger partial charge in [-0.1, -0.05) is 13.8 Å². The maximum atomic E-state index is 13.8. The van der Waals surface area contributed by atoms with Gasteiger partial charge < -0.3 is 9.64 Å². The summed E-state index contributed by atoms with van der Waals surface area (Å²) in [5.41, 5.74) is -1.23. The Morgan fingerprint density at radius 2 is 1.86 bits per heavy atom. The highest BCUT2D eigenvalue weighted by Gasteiger charge is 2.42. The number of aryl methyl sites for hydroxylation is 1. The molecule has 0 aliphatic carbocycles. The molecule has 1 amide bonds. The van der Waals surface area contributed by atoms with Crippen LogP contribution in [0, 0.1) is 12.7 Å². The van der Waals surface area contributed by atoms with E-state index in [1.165, 1.54) is 46.9 Å². The first-order chi connectivity index (χ1) is 16.2. The zero-order chi connectivity index (χ0) is 25.9. The third-order valence-corrected chi connectivity index (χ3v) is 5.94. The lowest BCUT2D eigenvalue weighted by molar-refractivity contribution is -0.140. The molecule has 10 heteroatoms. The molecule has 6 nitrogen and oxygen atoms in total. The molecule has 3 aromatic rings. The van der Waals surface area contributed by atoms with E-state index < -0.39 is 41.0 Å². The summed E-state index contributed by atoms with van der Waals surface area (Å²) in [4.78, 5) is 27.8. The summed E-state index contributed by atoms with van der Waals surface area (Å²) in [5.74, 6) is -1.78. The van der Waals surface area contributed by atoms with Crippen LogP contribution in [0.4, 0.5) is 17.6 Å². The Hall–Kier alpha value is -3.56. The summed E-state index contributed by atoms with van der Waals surface area (Å²) < 4.78 is 61.9. The minimum atomic E-state index is -4.63. The van der Waals surface area contributed by atoms with Gasteiger partial charge in [-0.3, -0.25) is 14.4 Å². The smallest absolute Gasteiger partial charge is 0.418 e. The van der Waals surface area contributed by atoms with E-state index in [2.05, 4.69) is 5.10 Å². The van der Waals surface area contributed by atoms with Crippen LogP contribution in [0.3, 0.4) is 0 Å². The van der Waals surface area contributed by atoms with Crippen molar-refractivity contribution in [3.8, 4) is 0 Å². The second kappa shape index (κ2) is 8.28. The molecule has 1 aliphatic heterocycles. The maximum Gasteiger partial charge on any atom is 0.418 e. The number of nitrogens with one attached hydrogen (secondary N) is 1. The standard InChI is InChI=1S/C25H25F4N3O3/c1-13(2)35-23(34)16-11-31(22(33)15-6-7-18(26)14(3)10-15)12-24(4,5)19-20(16)30-32-9-8-17(21(19)32)25(27,28)29/h6-11,13,30H,12H2,1-5H3. The molecule has 0 saturated carbocycles. The molecule has 3 heterocycles. The number of carbonyl (C=O) groups is 2. The fourth-order valence-corrected chi connectivity index (χ4v) is 4.44. The number of fused-ring (bicyclic) bond motifs is 3. The number of nitrogens with zero attached hydrogens (tertiary/aromatic N) is 2. The van der Waals surface area contributed by atoms with E-state index in [1.54, 1.807) is 27.7 Å². The molecule has 1 N–H and O–H groups in total. The Labute approximate surface area is 199 Å². The number of ether oxygens (including phenoxy) is 1. The lowest BCUT2D eigenvalue weighted by atomic mass is 9.82. The van der Waals surface area contributed by atoms with Gasteiger partial charge in [0, 0.05) is 35.5 Å². The fourth-order valence-electron chi connectivity index (χ4n) is 4.44. The predicted octanol–water partition coefficient (Wildman–Crippen LogP) is 5.46. The molecular formula is C25H25F4N3O3. The molecule has 35 heavy (non-hydrogen) atoms. The Morgan fingerprint density at radius 1 is 1.17 bits per heavy atom. The van der Waals surface area contributed by atoms with Crippen LogP contribution in [-0.4, -0.2) is 39.0 Å². The summed E-state index contributed by atoms with van der Waals surface area (Å²) >= 11 is 0. The average Bonchev–Trinajstić information content (AvgIpc) is 3.27. The zero-order valence-corrected chi connectivity index (χ0v) is 19.9. The summed E-state index contributed by atoms with van der Waals surface area (Å²) in [5, 5.41) is 2.88. The van der Waals surface area contributed by atoms with Crippen molar-refractivity contribution in [2.45, 2.75) is 52.3 Å². The number of amides is 1. The van der Waals surface area contributed by atoms with Gasteiger partial charge in [-0.15, -0.1) is 0 Å². The van der Waals surface area contributed by atoms with Crippen molar-refractivity contribution in [1.82, 2.24) is 14.5 Å². The van der Waals surface area contributed by atoms with Crippen molar-refractivity contribution >= 4 is 23.0 Å². The summed E-state index contributed by atoms with van der Waals surface area (Å²) in [7, 11) is 0. The minimum Gasteiger partial charge on any atom is -0.459 e. The van der Waals surface area contributed by atoms with Crippen LogP contribution in [0.25, 0.3) is 11.1 Å². The van der Waals surface area contributed by atoms with E-state index in [4.69, 9.17) is 4.74 Å². The third-order valence-electron chi connectivity index (χ3n) is 5.94. The molecule has 0 bridgehead atoms. The molecule has 186 valence electrons. The van der Waals surface area contributed by atoms with Crippen molar-refractivity contribution in [3.05, 3.63) is 70.4 Å². The summed E-state index contributed by atoms with van der Waals surface area (Å²) in [6.07, 6.45) is -2.59. The van der Waals surface area contributed by atoms with Crippen LogP contribution in [0.5, 0.6) is 0 Å². The number of hydrogen-bond donors (Lipinski definition) is 1. The number of benzene rings is 1. The molecule has 0 fully saturated rings. The van der Waals surface area contributed by atoms with Gasteiger partial charge in [0.25, 0.3) is 5.91 Å². The lowest BCUT2D eigenvalue weighted by Gasteiger charge is -2.29. The fraction of sp³-hybridized carbons (Fsp3) is 0.360. The van der Waals surface area contributed by atoms with Crippen LogP contribution in [0.1, 0.15) is 60.4 Å². The summed E-state index contributed by atoms with van der Waals surface area (Å²) in [6.45, 7) is 8.18. The number of rotatable bonds is 3. The van der Waals surface area contributed by atoms with E-state index in [9.17, 15) is 27.2 Å². The van der Waals surface area contributed by atoms with Gasteiger partial charge >= 0.3 is 12.1 Å². The molecule has 1 aliphatic rings. The number of aromatic nitrogens is 2. The number of hydrogen-bond acceptors (Lipinski definition) is 3. The molecule has 0 unspecified atom stereocenters. The number of H-pyrrole nitrogens is 1. The second-order valence-electron chi connectivity index (χ2n) is 9.59. The molecule has 1 aromatic carbocycles. The van der Waals surface area contributed by atoms with E-state index >= 15 is 0 Å². The summed E-state index contributed by atoms with van der Waals surface area (Å²) in [6, 6.07) is 4.86. The zero-order valence-electron chi connectivity index (χ0n) is 19.9. The number of alkyl halides is 3. The molecule has 0 saturated heterocycles. The van der Waals surface area contributed by atoms with Crippen LogP contribution < -0.4 is 0 Å². The van der Waals surface area contributed by atoms with Gasteiger partial charge in [0.05, 0.1) is 22.9 Å². The van der Waals surface area contributed by atoms with Gasteiger partial charge in [0.15, 0.2) is 0 Å². The third kappa shape index (κ3) is 4.33. The Bertz CT molecular complexity index is 1360. The van der Waals surface area contributed by atoms with Gasteiger partial charge in [-0.25, -0.2) is 9.18 Å². The van der Waals surface area contributed by atoms with Crippen LogP contribution >= 0.6 is 0 Å². The molecule has 4 rings (SSSR count). The van der Waals surface area contributed by atoms with Crippen molar-refractivity contribution in [1.29, 1.82) is 0 Å². The van der Waals surface area contributed by atoms with Crippen molar-refractivity contribution < 1.29 is 31.9 Å². The van der Waals surface area contributed by atoms with E-state index in [-0.39, 0.29) is 40.0 Å². The highest BCUT2D eigenvalue weighted by atomic mass is 19.4. The average molecular weight is 491 g/mol. The molecular weight excluding hydrogens is 466 g/mol. The first kappa shape index (κ1) is 24.6. The topological polar surface area (TPSA) is 66.8 Å². The first-order valence-electron chi connectivity index (χ1n) is 11.0. The molecule has 0 spiro atoms. The van der Waals surface area contributed by atoms with Crippen molar-refractivity contribution in [2.75, 3.05) is 6.54 Å². The maximum absolute atomic E-state index is 13.8. The molecule has 2 aromatic heterocycles. The van der Waals surface area contributed by atoms with Crippen molar-refractivity contribution in [2.24, 2.45) is 0 Å². The quantitative estimate of drug-likeness (QED) is 0.391. The Morgan fingerprint density at radius 3 is 2.46 bits per heavy atom. The first-order valence-corrected chi connectivity index (χ1v) is 11.0. The van der Waals surface area contributed by atoms with Gasteiger partial charge in [-0.05, 0) is 50.6 Å². The SMILES string of the molecule is Cc1cc(C(=O)N2C=C(C(=O)OC(C)C)c3[nH]n4ccc(C(F)(F)F)c4c3C(C)(C)C2)ccc1F. The normalized spacial score (nSPS) is 15.7. The van der Waals surface area contributed by atoms with Gasteiger partial charge in [0.1, 0.15) is 11.4 Å². The Balaban J connectivity index is 1.93. The Kier molecular flexibility index (Phi) is 5.81. The molecule has 0 atom stereocenters. The monoisotopic (exact) mass is 491 g/mol.